The van der Waals surface area contributed by atoms with Crippen LogP contribution in [0, 0.1) is 0 Å². The average Bonchev–Trinajstić information content (AvgIpc) is 2.80. The van der Waals surface area contributed by atoms with Gasteiger partial charge in [0.1, 0.15) is 17.2 Å². The van der Waals surface area contributed by atoms with Crippen molar-refractivity contribution >= 4 is 38.1 Å². The maximum absolute atomic E-state index is 12.9. The predicted molar refractivity (Wildman–Crippen MR) is 125 cm³/mol. The lowest BCUT2D eigenvalue weighted by Gasteiger charge is -2.14. The van der Waals surface area contributed by atoms with Crippen molar-refractivity contribution in [3.63, 3.8) is 0 Å². The number of methoxy groups -OCH3 is 1. The van der Waals surface area contributed by atoms with Gasteiger partial charge in [0, 0.05) is 0 Å². The maximum atomic E-state index is 12.9. The first-order valence-corrected chi connectivity index (χ1v) is 11.3. The summed E-state index contributed by atoms with van der Waals surface area (Å²) in [5.74, 6) is -0.951. The van der Waals surface area contributed by atoms with Crippen LogP contribution in [0.5, 0.6) is 17.2 Å². The molecule has 0 saturated heterocycles. The third-order valence-electron chi connectivity index (χ3n) is 4.99. The summed E-state index contributed by atoms with van der Waals surface area (Å²) in [6.07, 6.45) is 0. The summed E-state index contributed by atoms with van der Waals surface area (Å²) in [5.41, 5.74) is 0.0868. The number of sulfonamides is 1. The molecule has 0 bridgehead atoms. The Morgan fingerprint density at radius 1 is 0.818 bits per heavy atom. The van der Waals surface area contributed by atoms with Gasteiger partial charge in [-0.25, -0.2) is 8.42 Å². The van der Waals surface area contributed by atoms with Crippen LogP contribution in [-0.2, 0) is 10.0 Å². The number of carbonyl (C=O) groups excluding carboxylic acids is 1. The molecule has 4 rings (SSSR count). The number of rotatable bonds is 6. The molecule has 0 aliphatic rings. The maximum Gasteiger partial charge on any atom is 0.262 e. The molecule has 0 saturated carbocycles. The fourth-order valence-corrected chi connectivity index (χ4v) is 4.41. The number of phenolic OH excluding ortho intramolecular Hbond substituents is 2. The molecule has 0 unspecified atom stereocenters. The SMILES string of the molecule is COc1ccccc1NS(=O)(=O)c1ccc(O)c(NC(=O)c2cc3ccccc3cc2O)c1. The zero-order valence-electron chi connectivity index (χ0n) is 17.4. The molecular formula is C24H20N2O6S. The van der Waals surface area contributed by atoms with Crippen LogP contribution in [0.25, 0.3) is 10.8 Å². The van der Waals surface area contributed by atoms with E-state index in [1.807, 2.05) is 6.07 Å². The number of carbonyl (C=O) groups is 1. The monoisotopic (exact) mass is 464 g/mol. The lowest BCUT2D eigenvalue weighted by atomic mass is 10.1. The van der Waals surface area contributed by atoms with Gasteiger partial charge in [-0.3, -0.25) is 9.52 Å². The molecule has 9 heteroatoms. The second-order valence-electron chi connectivity index (χ2n) is 7.16. The first kappa shape index (κ1) is 22.0. The Morgan fingerprint density at radius 3 is 2.21 bits per heavy atom. The molecule has 0 fully saturated rings. The molecular weight excluding hydrogens is 444 g/mol. The summed E-state index contributed by atoms with van der Waals surface area (Å²) >= 11 is 0. The molecule has 1 amide bonds. The van der Waals surface area contributed by atoms with E-state index in [9.17, 15) is 23.4 Å². The Labute approximate surface area is 190 Å². The van der Waals surface area contributed by atoms with Crippen LogP contribution in [-0.4, -0.2) is 31.6 Å². The predicted octanol–water partition coefficient (Wildman–Crippen LogP) is 4.31. The number of benzene rings is 4. The molecule has 168 valence electrons. The Kier molecular flexibility index (Phi) is 5.80. The van der Waals surface area contributed by atoms with Crippen LogP contribution in [0.4, 0.5) is 11.4 Å². The number of para-hydroxylation sites is 2. The lowest BCUT2D eigenvalue weighted by Crippen LogP contribution is -2.15. The van der Waals surface area contributed by atoms with Crippen molar-refractivity contribution in [3.05, 3.63) is 84.4 Å². The minimum Gasteiger partial charge on any atom is -0.507 e. The second kappa shape index (κ2) is 8.71. The normalized spacial score (nSPS) is 11.2. The van der Waals surface area contributed by atoms with Crippen LogP contribution in [0.3, 0.4) is 0 Å². The Bertz CT molecular complexity index is 1470. The summed E-state index contributed by atoms with van der Waals surface area (Å²) in [4.78, 5) is 12.6. The van der Waals surface area contributed by atoms with Gasteiger partial charge in [0.2, 0.25) is 0 Å². The average molecular weight is 464 g/mol. The minimum absolute atomic E-state index is 0.0199. The summed E-state index contributed by atoms with van der Waals surface area (Å²) in [6, 6.07) is 20.2. The van der Waals surface area contributed by atoms with Crippen LogP contribution >= 0.6 is 0 Å². The molecule has 0 radical (unpaired) electrons. The first-order valence-electron chi connectivity index (χ1n) is 9.80. The van der Waals surface area contributed by atoms with Crippen LogP contribution in [0.1, 0.15) is 10.4 Å². The molecule has 8 nitrogen and oxygen atoms in total. The largest absolute Gasteiger partial charge is 0.507 e. The zero-order valence-corrected chi connectivity index (χ0v) is 18.3. The van der Waals surface area contributed by atoms with Gasteiger partial charge >= 0.3 is 0 Å². The number of amides is 1. The van der Waals surface area contributed by atoms with Gasteiger partial charge in [0.25, 0.3) is 15.9 Å². The molecule has 0 heterocycles. The van der Waals surface area contributed by atoms with Crippen molar-refractivity contribution < 1.29 is 28.2 Å². The number of anilines is 2. The third kappa shape index (κ3) is 4.53. The molecule has 0 atom stereocenters. The number of ether oxygens (including phenoxy) is 1. The van der Waals surface area contributed by atoms with Gasteiger partial charge < -0.3 is 20.3 Å². The van der Waals surface area contributed by atoms with Gasteiger partial charge in [-0.15, -0.1) is 0 Å². The fourth-order valence-electron chi connectivity index (χ4n) is 3.31. The molecule has 4 N–H and O–H groups in total. The van der Waals surface area contributed by atoms with E-state index in [0.29, 0.717) is 5.75 Å². The number of aromatic hydroxyl groups is 2. The highest BCUT2D eigenvalue weighted by molar-refractivity contribution is 7.92. The van der Waals surface area contributed by atoms with E-state index in [2.05, 4.69) is 10.0 Å². The van der Waals surface area contributed by atoms with E-state index in [1.165, 1.54) is 25.3 Å². The van der Waals surface area contributed by atoms with Gasteiger partial charge in [0.15, 0.2) is 0 Å². The lowest BCUT2D eigenvalue weighted by molar-refractivity contribution is 0.102. The van der Waals surface area contributed by atoms with Crippen LogP contribution in [0.2, 0.25) is 0 Å². The highest BCUT2D eigenvalue weighted by Crippen LogP contribution is 2.31. The summed E-state index contributed by atoms with van der Waals surface area (Å²) < 4.78 is 33.4. The number of phenols is 2. The van der Waals surface area contributed by atoms with E-state index in [-0.39, 0.29) is 33.3 Å². The van der Waals surface area contributed by atoms with Gasteiger partial charge in [-0.1, -0.05) is 36.4 Å². The van der Waals surface area contributed by atoms with Crippen molar-refractivity contribution in [1.82, 2.24) is 0 Å². The summed E-state index contributed by atoms with van der Waals surface area (Å²) in [5, 5.41) is 24.4. The second-order valence-corrected chi connectivity index (χ2v) is 8.84. The molecule has 4 aromatic carbocycles. The van der Waals surface area contributed by atoms with Crippen LogP contribution in [0.15, 0.2) is 83.8 Å². The quantitative estimate of drug-likeness (QED) is 0.315. The van der Waals surface area contributed by atoms with E-state index < -0.39 is 15.9 Å². The Morgan fingerprint density at radius 2 is 1.48 bits per heavy atom. The van der Waals surface area contributed by atoms with Gasteiger partial charge in [-0.2, -0.15) is 0 Å². The molecule has 33 heavy (non-hydrogen) atoms. The molecule has 0 aliphatic carbocycles. The zero-order chi connectivity index (χ0) is 23.6. The minimum atomic E-state index is -4.06. The number of nitrogens with one attached hydrogen (secondary N) is 2. The smallest absolute Gasteiger partial charge is 0.262 e. The van der Waals surface area contributed by atoms with Crippen molar-refractivity contribution in [3.8, 4) is 17.2 Å². The highest BCUT2D eigenvalue weighted by atomic mass is 32.2. The number of hydrogen-bond acceptors (Lipinski definition) is 6. The fraction of sp³-hybridized carbons (Fsp3) is 0.0417. The van der Waals surface area contributed by atoms with Crippen LogP contribution < -0.4 is 14.8 Å². The first-order chi connectivity index (χ1) is 15.8. The Hall–Kier alpha value is -4.24. The van der Waals surface area contributed by atoms with Crippen molar-refractivity contribution in [1.29, 1.82) is 0 Å². The molecule has 0 spiro atoms. The molecule has 4 aromatic rings. The van der Waals surface area contributed by atoms with E-state index in [0.717, 1.165) is 22.9 Å². The summed E-state index contributed by atoms with van der Waals surface area (Å²) in [7, 11) is -2.64. The molecule has 0 aromatic heterocycles. The van der Waals surface area contributed by atoms with Gasteiger partial charge in [-0.05, 0) is 53.2 Å². The summed E-state index contributed by atoms with van der Waals surface area (Å²) in [6.45, 7) is 0. The van der Waals surface area contributed by atoms with Gasteiger partial charge in [0.05, 0.1) is 28.9 Å². The number of fused-ring (bicyclic) bond motifs is 1. The van der Waals surface area contributed by atoms with Crippen molar-refractivity contribution in [2.75, 3.05) is 17.1 Å². The highest BCUT2D eigenvalue weighted by Gasteiger charge is 2.20. The van der Waals surface area contributed by atoms with Crippen molar-refractivity contribution in [2.24, 2.45) is 0 Å². The van der Waals surface area contributed by atoms with E-state index >= 15 is 0 Å². The van der Waals surface area contributed by atoms with E-state index in [4.69, 9.17) is 4.74 Å². The topological polar surface area (TPSA) is 125 Å². The van der Waals surface area contributed by atoms with E-state index in [1.54, 1.807) is 42.5 Å². The van der Waals surface area contributed by atoms with Crippen molar-refractivity contribution in [2.45, 2.75) is 4.90 Å². The number of hydrogen-bond donors (Lipinski definition) is 4. The Balaban J connectivity index is 1.64. The standard InChI is InChI=1S/C24H20N2O6S/c1-32-23-9-5-4-8-19(23)26-33(30,31)17-10-11-21(27)20(14-17)25-24(29)18-12-15-6-2-3-7-16(15)13-22(18)28/h2-14,26-28H,1H3,(H,25,29). The molecule has 0 aliphatic heterocycles. The third-order valence-corrected chi connectivity index (χ3v) is 6.35.